The number of hydrogen-bond acceptors (Lipinski definition) is 5. The van der Waals surface area contributed by atoms with Crippen LogP contribution in [0.15, 0.2) is 6.20 Å². The van der Waals surface area contributed by atoms with E-state index in [-0.39, 0.29) is 12.5 Å². The number of piperidine rings is 1. The minimum atomic E-state index is -0.839. The summed E-state index contributed by atoms with van der Waals surface area (Å²) in [7, 11) is 0. The van der Waals surface area contributed by atoms with E-state index in [2.05, 4.69) is 8.75 Å². The summed E-state index contributed by atoms with van der Waals surface area (Å²) in [6.07, 6.45) is 2.77. The van der Waals surface area contributed by atoms with Crippen LogP contribution in [0.1, 0.15) is 23.3 Å². The molecule has 0 aromatic carbocycles. The first kappa shape index (κ1) is 11.0. The summed E-state index contributed by atoms with van der Waals surface area (Å²) in [5.41, 5.74) is 0.302. The lowest BCUT2D eigenvalue weighted by molar-refractivity contribution is -0.143. The second kappa shape index (κ2) is 4.56. The van der Waals surface area contributed by atoms with E-state index < -0.39 is 11.9 Å². The van der Waals surface area contributed by atoms with Crippen LogP contribution in [-0.2, 0) is 4.79 Å². The maximum atomic E-state index is 11.9. The Balaban J connectivity index is 2.05. The molecule has 0 aliphatic carbocycles. The van der Waals surface area contributed by atoms with Crippen molar-refractivity contribution in [2.45, 2.75) is 12.8 Å². The first-order valence-corrected chi connectivity index (χ1v) is 5.71. The Kier molecular flexibility index (Phi) is 3.14. The van der Waals surface area contributed by atoms with Crippen LogP contribution in [-0.4, -0.2) is 43.7 Å². The Hall–Kier alpha value is -1.50. The Bertz CT molecular complexity index is 393. The van der Waals surface area contributed by atoms with Crippen LogP contribution in [0.25, 0.3) is 0 Å². The molecule has 0 saturated carbocycles. The highest BCUT2D eigenvalue weighted by Gasteiger charge is 2.29. The lowest BCUT2D eigenvalue weighted by atomic mass is 9.98. The molecule has 2 heterocycles. The standard InChI is InChI=1S/C9H11N3O3S/c13-8(7-4-10-16-11-7)12-3-1-2-6(5-12)9(14)15/h4,6H,1-3,5H2,(H,14,15)/t6-/m1/s1. The molecule has 86 valence electrons. The summed E-state index contributed by atoms with van der Waals surface area (Å²) in [6, 6.07) is 0. The minimum Gasteiger partial charge on any atom is -0.481 e. The quantitative estimate of drug-likeness (QED) is 0.814. The molecule has 1 atom stereocenters. The van der Waals surface area contributed by atoms with E-state index in [4.69, 9.17) is 5.11 Å². The molecule has 0 radical (unpaired) electrons. The molecule has 1 fully saturated rings. The maximum Gasteiger partial charge on any atom is 0.308 e. The van der Waals surface area contributed by atoms with Crippen molar-refractivity contribution < 1.29 is 14.7 Å². The van der Waals surface area contributed by atoms with E-state index in [9.17, 15) is 9.59 Å². The van der Waals surface area contributed by atoms with E-state index in [1.165, 1.54) is 6.20 Å². The van der Waals surface area contributed by atoms with Crippen LogP contribution in [0.3, 0.4) is 0 Å². The largest absolute Gasteiger partial charge is 0.481 e. The Labute approximate surface area is 96.2 Å². The molecular weight excluding hydrogens is 230 g/mol. The lowest BCUT2D eigenvalue weighted by Crippen LogP contribution is -2.42. The van der Waals surface area contributed by atoms with Gasteiger partial charge in [-0.2, -0.15) is 8.75 Å². The zero-order chi connectivity index (χ0) is 11.5. The third-order valence-corrected chi connectivity index (χ3v) is 3.12. The second-order valence-electron chi connectivity index (χ2n) is 3.72. The predicted octanol–water partition coefficient (Wildman–Crippen LogP) is 0.475. The SMILES string of the molecule is O=C(O)[C@@H]1CCCN(C(=O)c2cnsn2)C1. The van der Waals surface area contributed by atoms with Gasteiger partial charge in [-0.1, -0.05) is 0 Å². The molecule has 6 nitrogen and oxygen atoms in total. The summed E-state index contributed by atoms with van der Waals surface area (Å²) in [5.74, 6) is -1.52. The molecule has 16 heavy (non-hydrogen) atoms. The summed E-state index contributed by atoms with van der Waals surface area (Å²) < 4.78 is 7.61. The van der Waals surface area contributed by atoms with Gasteiger partial charge in [-0.25, -0.2) is 0 Å². The van der Waals surface area contributed by atoms with Crippen molar-refractivity contribution in [2.24, 2.45) is 5.92 Å². The Morgan fingerprint density at radius 1 is 1.56 bits per heavy atom. The number of likely N-dealkylation sites (tertiary alicyclic amines) is 1. The number of hydrogen-bond donors (Lipinski definition) is 1. The van der Waals surface area contributed by atoms with Crippen molar-refractivity contribution in [1.82, 2.24) is 13.6 Å². The van der Waals surface area contributed by atoms with Gasteiger partial charge in [0.15, 0.2) is 5.69 Å². The molecule has 0 unspecified atom stereocenters. The van der Waals surface area contributed by atoms with Crippen LogP contribution in [0.5, 0.6) is 0 Å². The molecule has 2 rings (SSSR count). The van der Waals surface area contributed by atoms with E-state index in [1.807, 2.05) is 0 Å². The average Bonchev–Trinajstić information content (AvgIpc) is 2.81. The first-order valence-electron chi connectivity index (χ1n) is 4.98. The minimum absolute atomic E-state index is 0.222. The number of carboxylic acid groups (broad SMARTS) is 1. The number of rotatable bonds is 2. The molecular formula is C9H11N3O3S. The Morgan fingerprint density at radius 3 is 3.00 bits per heavy atom. The number of amides is 1. The Morgan fingerprint density at radius 2 is 2.38 bits per heavy atom. The number of carbonyl (C=O) groups excluding carboxylic acids is 1. The van der Waals surface area contributed by atoms with Gasteiger partial charge in [0.2, 0.25) is 0 Å². The molecule has 0 spiro atoms. The van der Waals surface area contributed by atoms with E-state index in [1.54, 1.807) is 4.90 Å². The zero-order valence-electron chi connectivity index (χ0n) is 8.50. The zero-order valence-corrected chi connectivity index (χ0v) is 9.31. The summed E-state index contributed by atoms with van der Waals surface area (Å²) in [4.78, 5) is 24.3. The van der Waals surface area contributed by atoms with Gasteiger partial charge in [0, 0.05) is 13.1 Å². The van der Waals surface area contributed by atoms with E-state index in [0.717, 1.165) is 18.1 Å². The second-order valence-corrected chi connectivity index (χ2v) is 4.28. The fourth-order valence-electron chi connectivity index (χ4n) is 1.78. The van der Waals surface area contributed by atoms with Crippen molar-refractivity contribution in [1.29, 1.82) is 0 Å². The number of nitrogens with zero attached hydrogens (tertiary/aromatic N) is 3. The number of carboxylic acids is 1. The van der Waals surface area contributed by atoms with Crippen molar-refractivity contribution in [3.8, 4) is 0 Å². The van der Waals surface area contributed by atoms with Gasteiger partial charge < -0.3 is 10.0 Å². The summed E-state index contributed by atoms with van der Waals surface area (Å²) in [5, 5.41) is 8.90. The molecule has 1 amide bonds. The fraction of sp³-hybridized carbons (Fsp3) is 0.556. The molecule has 0 bridgehead atoms. The highest BCUT2D eigenvalue weighted by Crippen LogP contribution is 2.18. The number of aromatic nitrogens is 2. The van der Waals surface area contributed by atoms with E-state index in [0.29, 0.717) is 18.7 Å². The third-order valence-electron chi connectivity index (χ3n) is 2.64. The summed E-state index contributed by atoms with van der Waals surface area (Å²) >= 11 is 0.975. The first-order chi connectivity index (χ1) is 7.68. The fourth-order valence-corrected chi connectivity index (χ4v) is 2.19. The van der Waals surface area contributed by atoms with Crippen molar-refractivity contribution in [3.63, 3.8) is 0 Å². The molecule has 1 N–H and O–H groups in total. The lowest BCUT2D eigenvalue weighted by Gasteiger charge is -2.29. The molecule has 1 aromatic heterocycles. The van der Waals surface area contributed by atoms with Gasteiger partial charge in [0.05, 0.1) is 23.8 Å². The third kappa shape index (κ3) is 2.19. The highest BCUT2D eigenvalue weighted by atomic mass is 32.1. The van der Waals surface area contributed by atoms with Crippen LogP contribution in [0.2, 0.25) is 0 Å². The van der Waals surface area contributed by atoms with Crippen molar-refractivity contribution in [2.75, 3.05) is 13.1 Å². The smallest absolute Gasteiger partial charge is 0.308 e. The van der Waals surface area contributed by atoms with Crippen LogP contribution in [0, 0.1) is 5.92 Å². The van der Waals surface area contributed by atoms with Crippen molar-refractivity contribution >= 4 is 23.6 Å². The molecule has 1 saturated heterocycles. The van der Waals surface area contributed by atoms with Gasteiger partial charge in [-0.3, -0.25) is 9.59 Å². The van der Waals surface area contributed by atoms with Gasteiger partial charge in [-0.05, 0) is 12.8 Å². The van der Waals surface area contributed by atoms with E-state index >= 15 is 0 Å². The van der Waals surface area contributed by atoms with Gasteiger partial charge in [0.25, 0.3) is 5.91 Å². The maximum absolute atomic E-state index is 11.9. The molecule has 1 aliphatic heterocycles. The number of aliphatic carboxylic acids is 1. The normalized spacial score (nSPS) is 20.8. The molecule has 7 heteroatoms. The number of carbonyl (C=O) groups is 2. The van der Waals surface area contributed by atoms with Gasteiger partial charge >= 0.3 is 5.97 Å². The molecule has 1 aliphatic rings. The van der Waals surface area contributed by atoms with Crippen LogP contribution >= 0.6 is 11.7 Å². The van der Waals surface area contributed by atoms with Crippen LogP contribution < -0.4 is 0 Å². The monoisotopic (exact) mass is 241 g/mol. The van der Waals surface area contributed by atoms with Crippen LogP contribution in [0.4, 0.5) is 0 Å². The topological polar surface area (TPSA) is 83.4 Å². The highest BCUT2D eigenvalue weighted by molar-refractivity contribution is 6.99. The predicted molar refractivity (Wildman–Crippen MR) is 56.2 cm³/mol. The van der Waals surface area contributed by atoms with Gasteiger partial charge in [-0.15, -0.1) is 0 Å². The molecule has 1 aromatic rings. The average molecular weight is 241 g/mol. The van der Waals surface area contributed by atoms with Gasteiger partial charge in [0.1, 0.15) is 0 Å². The summed E-state index contributed by atoms with van der Waals surface area (Å²) in [6.45, 7) is 0.867. The van der Waals surface area contributed by atoms with Crippen molar-refractivity contribution in [3.05, 3.63) is 11.9 Å².